The molecule has 2 aromatic heterocycles. The van der Waals surface area contributed by atoms with E-state index in [2.05, 4.69) is 10.00 Å². The maximum absolute atomic E-state index is 14.7. The zero-order chi connectivity index (χ0) is 24.9. The lowest BCUT2D eigenvalue weighted by Gasteiger charge is -2.28. The third kappa shape index (κ3) is 3.86. The first kappa shape index (κ1) is 23.4. The molecule has 0 bridgehead atoms. The number of pyridine rings is 1. The van der Waals surface area contributed by atoms with Crippen molar-refractivity contribution in [3.05, 3.63) is 47.4 Å². The van der Waals surface area contributed by atoms with Crippen LogP contribution in [0.2, 0.25) is 0 Å². The summed E-state index contributed by atoms with van der Waals surface area (Å²) in [4.78, 5) is 14.4. The van der Waals surface area contributed by atoms with E-state index >= 15 is 0 Å². The number of sulfonamides is 1. The lowest BCUT2D eigenvalue weighted by atomic mass is 10.0. The van der Waals surface area contributed by atoms with Crippen LogP contribution in [-0.4, -0.2) is 61.6 Å². The first-order valence-corrected chi connectivity index (χ1v) is 12.8. The molecule has 0 spiro atoms. The fraction of sp³-hybridized carbons (Fsp3) is 0.391. The highest BCUT2D eigenvalue weighted by molar-refractivity contribution is 7.89. The highest BCUT2D eigenvalue weighted by atomic mass is 32.2. The van der Waals surface area contributed by atoms with Gasteiger partial charge in [-0.2, -0.15) is 9.40 Å². The summed E-state index contributed by atoms with van der Waals surface area (Å²) in [6, 6.07) is 6.62. The number of nitrogens with two attached hydrogens (primary N) is 1. The summed E-state index contributed by atoms with van der Waals surface area (Å²) in [5.41, 5.74) is 7.23. The standard InChI is InChI=1S/C23H26FN5O5S/c1-3-27(2)35(31,32)23-20(22(25)30)18-13-15(6-8-29(18)26-23)28-7-4-5-17(28)14-11-16(24)21-19(12-14)33-9-10-34-21/h6,8,11-13,17H,3-5,7,9-10H2,1-2H3,(H2,25,30). The summed E-state index contributed by atoms with van der Waals surface area (Å²) < 4.78 is 54.1. The van der Waals surface area contributed by atoms with E-state index in [-0.39, 0.29) is 34.4 Å². The molecular formula is C23H26FN5O5S. The molecule has 1 saturated heterocycles. The molecule has 12 heteroatoms. The van der Waals surface area contributed by atoms with E-state index in [0.717, 1.165) is 28.4 Å². The average molecular weight is 504 g/mol. The summed E-state index contributed by atoms with van der Waals surface area (Å²) in [7, 11) is -2.59. The summed E-state index contributed by atoms with van der Waals surface area (Å²) in [5.74, 6) is -0.842. The van der Waals surface area contributed by atoms with Gasteiger partial charge in [-0.05, 0) is 42.7 Å². The van der Waals surface area contributed by atoms with Gasteiger partial charge in [0.1, 0.15) is 18.8 Å². The molecule has 186 valence electrons. The van der Waals surface area contributed by atoms with Crippen molar-refractivity contribution in [1.29, 1.82) is 0 Å². The van der Waals surface area contributed by atoms with Crippen molar-refractivity contribution >= 4 is 27.1 Å². The Bertz CT molecular complexity index is 1420. The second-order valence-corrected chi connectivity index (χ2v) is 10.5. The molecule has 0 aliphatic carbocycles. The minimum absolute atomic E-state index is 0.127. The minimum Gasteiger partial charge on any atom is -0.486 e. The van der Waals surface area contributed by atoms with Gasteiger partial charge in [0, 0.05) is 32.0 Å². The van der Waals surface area contributed by atoms with Crippen LogP contribution in [0.25, 0.3) is 5.52 Å². The van der Waals surface area contributed by atoms with Gasteiger partial charge in [0.05, 0.1) is 11.6 Å². The molecule has 0 saturated carbocycles. The Morgan fingerprint density at radius 3 is 2.80 bits per heavy atom. The number of anilines is 1. The molecule has 3 aromatic rings. The number of nitrogens with zero attached hydrogens (tertiary/aromatic N) is 4. The van der Waals surface area contributed by atoms with Crippen LogP contribution >= 0.6 is 0 Å². The van der Waals surface area contributed by atoms with E-state index < -0.39 is 21.7 Å². The van der Waals surface area contributed by atoms with Crippen LogP contribution in [0.1, 0.15) is 41.7 Å². The number of carbonyl (C=O) groups excluding carboxylic acids is 1. The molecule has 2 N–H and O–H groups in total. The maximum atomic E-state index is 14.7. The number of primary amides is 1. The monoisotopic (exact) mass is 503 g/mol. The second kappa shape index (κ2) is 8.68. The first-order chi connectivity index (χ1) is 16.7. The molecule has 4 heterocycles. The topological polar surface area (TPSA) is 119 Å². The van der Waals surface area contributed by atoms with Crippen LogP contribution in [-0.2, 0) is 10.0 Å². The molecule has 10 nitrogen and oxygen atoms in total. The van der Waals surface area contributed by atoms with Crippen molar-refractivity contribution in [2.45, 2.75) is 30.8 Å². The lowest BCUT2D eigenvalue weighted by Crippen LogP contribution is -2.29. The third-order valence-corrected chi connectivity index (χ3v) is 8.37. The molecule has 2 aliphatic rings. The fourth-order valence-electron chi connectivity index (χ4n) is 4.67. The second-order valence-electron chi connectivity index (χ2n) is 8.56. The number of benzene rings is 1. The molecule has 1 fully saturated rings. The van der Waals surface area contributed by atoms with Crippen molar-refractivity contribution in [1.82, 2.24) is 13.9 Å². The zero-order valence-corrected chi connectivity index (χ0v) is 20.2. The quantitative estimate of drug-likeness (QED) is 0.548. The molecule has 0 radical (unpaired) electrons. The van der Waals surface area contributed by atoms with Gasteiger partial charge in [-0.3, -0.25) is 4.79 Å². The largest absolute Gasteiger partial charge is 0.486 e. The van der Waals surface area contributed by atoms with Crippen LogP contribution in [0.5, 0.6) is 11.5 Å². The molecule has 1 aromatic carbocycles. The van der Waals surface area contributed by atoms with E-state index in [4.69, 9.17) is 15.2 Å². The Kier molecular flexibility index (Phi) is 5.80. The van der Waals surface area contributed by atoms with E-state index in [9.17, 15) is 17.6 Å². The summed E-state index contributed by atoms with van der Waals surface area (Å²) >= 11 is 0. The smallest absolute Gasteiger partial charge is 0.262 e. The van der Waals surface area contributed by atoms with E-state index in [0.29, 0.717) is 25.5 Å². The van der Waals surface area contributed by atoms with Gasteiger partial charge in [0.2, 0.25) is 5.03 Å². The van der Waals surface area contributed by atoms with Crippen LogP contribution in [0, 0.1) is 5.82 Å². The number of halogens is 1. The normalized spacial score (nSPS) is 17.9. The minimum atomic E-state index is -4.01. The predicted molar refractivity (Wildman–Crippen MR) is 126 cm³/mol. The van der Waals surface area contributed by atoms with Crippen LogP contribution in [0.4, 0.5) is 10.1 Å². The number of rotatable bonds is 6. The number of hydrogen-bond acceptors (Lipinski definition) is 7. The van der Waals surface area contributed by atoms with Crippen molar-refractivity contribution in [3.8, 4) is 11.5 Å². The Hall–Kier alpha value is -3.38. The Balaban J connectivity index is 1.58. The Labute approximate surface area is 202 Å². The molecule has 1 amide bonds. The zero-order valence-electron chi connectivity index (χ0n) is 19.4. The van der Waals surface area contributed by atoms with Gasteiger partial charge in [-0.15, -0.1) is 0 Å². The number of aromatic nitrogens is 2. The predicted octanol–water partition coefficient (Wildman–Crippen LogP) is 2.33. The molecule has 1 atom stereocenters. The highest BCUT2D eigenvalue weighted by Crippen LogP contribution is 2.42. The molecule has 1 unspecified atom stereocenters. The lowest BCUT2D eigenvalue weighted by molar-refractivity contribution is 0.0998. The van der Waals surface area contributed by atoms with Gasteiger partial charge in [0.15, 0.2) is 17.3 Å². The van der Waals surface area contributed by atoms with Gasteiger partial charge < -0.3 is 20.1 Å². The number of carbonyl (C=O) groups is 1. The fourth-order valence-corrected chi connectivity index (χ4v) is 5.96. The molecular weight excluding hydrogens is 477 g/mol. The van der Waals surface area contributed by atoms with Gasteiger partial charge in [0.25, 0.3) is 15.9 Å². The third-order valence-electron chi connectivity index (χ3n) is 6.52. The van der Waals surface area contributed by atoms with Crippen LogP contribution < -0.4 is 20.1 Å². The van der Waals surface area contributed by atoms with Gasteiger partial charge >= 0.3 is 0 Å². The number of hydrogen-bond donors (Lipinski definition) is 1. The van der Waals surface area contributed by atoms with Gasteiger partial charge in [-0.25, -0.2) is 17.3 Å². The van der Waals surface area contributed by atoms with Crippen molar-refractivity contribution in [2.24, 2.45) is 5.73 Å². The van der Waals surface area contributed by atoms with Crippen molar-refractivity contribution < 1.29 is 27.1 Å². The summed E-state index contributed by atoms with van der Waals surface area (Å²) in [5, 5.41) is 3.79. The number of fused-ring (bicyclic) bond motifs is 2. The van der Waals surface area contributed by atoms with E-state index in [1.807, 2.05) is 0 Å². The van der Waals surface area contributed by atoms with E-state index in [1.54, 1.807) is 31.3 Å². The summed E-state index contributed by atoms with van der Waals surface area (Å²) in [6.45, 7) is 3.25. The van der Waals surface area contributed by atoms with Crippen LogP contribution in [0.3, 0.4) is 0 Å². The van der Waals surface area contributed by atoms with Crippen molar-refractivity contribution in [2.75, 3.05) is 38.3 Å². The number of amides is 1. The van der Waals surface area contributed by atoms with E-state index in [1.165, 1.54) is 17.6 Å². The summed E-state index contributed by atoms with van der Waals surface area (Å²) in [6.07, 6.45) is 3.25. The Morgan fingerprint density at radius 2 is 2.06 bits per heavy atom. The Morgan fingerprint density at radius 1 is 1.29 bits per heavy atom. The molecule has 35 heavy (non-hydrogen) atoms. The first-order valence-electron chi connectivity index (χ1n) is 11.4. The number of ether oxygens (including phenoxy) is 2. The van der Waals surface area contributed by atoms with Gasteiger partial charge in [-0.1, -0.05) is 6.92 Å². The van der Waals surface area contributed by atoms with Crippen LogP contribution in [0.15, 0.2) is 35.5 Å². The SMILES string of the molecule is CCN(C)S(=O)(=O)c1nn2ccc(N3CCCC3c3cc(F)c4c(c3)OCCO4)cc2c1C(N)=O. The average Bonchev–Trinajstić information content (AvgIpc) is 3.48. The van der Waals surface area contributed by atoms with Crippen molar-refractivity contribution in [3.63, 3.8) is 0 Å². The highest BCUT2D eigenvalue weighted by Gasteiger charge is 2.33. The maximum Gasteiger partial charge on any atom is 0.262 e. The molecule has 5 rings (SSSR count). The molecule has 2 aliphatic heterocycles.